The number of benzene rings is 2. The molecule has 5 nitrogen and oxygen atoms in total. The molecule has 1 N–H and O–H groups in total. The molecule has 1 heterocycles. The van der Waals surface area contributed by atoms with Gasteiger partial charge in [0.25, 0.3) is 0 Å². The van der Waals surface area contributed by atoms with Crippen LogP contribution in [0.25, 0.3) is 0 Å². The second-order valence-corrected chi connectivity index (χ2v) is 12.1. The smallest absolute Gasteiger partial charge is 0.407 e. The predicted octanol–water partition coefficient (Wildman–Crippen LogP) is 5.44. The summed E-state index contributed by atoms with van der Waals surface area (Å²) in [7, 11) is 0. The fourth-order valence-electron chi connectivity index (χ4n) is 8.18. The quantitative estimate of drug-likeness (QED) is 0.587. The van der Waals surface area contributed by atoms with Gasteiger partial charge in [-0.05, 0) is 78.5 Å². The number of carbonyl (C=O) groups excluding carboxylic acids is 2. The minimum atomic E-state index is -0.451. The first-order valence-electron chi connectivity index (χ1n) is 13.3. The Morgan fingerprint density at radius 1 is 1.00 bits per heavy atom. The zero-order chi connectivity index (χ0) is 24.9. The van der Waals surface area contributed by atoms with Crippen molar-refractivity contribution in [1.29, 1.82) is 0 Å². The molecule has 6 heteroatoms. The van der Waals surface area contributed by atoms with Crippen molar-refractivity contribution >= 4 is 12.0 Å². The van der Waals surface area contributed by atoms with E-state index in [9.17, 15) is 14.0 Å². The lowest BCUT2D eigenvalue weighted by atomic mass is 9.39. The third kappa shape index (κ3) is 4.18. The third-order valence-electron chi connectivity index (χ3n) is 9.55. The highest BCUT2D eigenvalue weighted by molar-refractivity contribution is 5.79. The summed E-state index contributed by atoms with van der Waals surface area (Å²) in [4.78, 5) is 27.7. The molecule has 2 unspecified atom stereocenters. The predicted molar refractivity (Wildman–Crippen MR) is 134 cm³/mol. The molecular formula is C30H35FN2O3. The van der Waals surface area contributed by atoms with Gasteiger partial charge in [0, 0.05) is 24.9 Å². The summed E-state index contributed by atoms with van der Waals surface area (Å²) in [5, 5.41) is 2.88. The summed E-state index contributed by atoms with van der Waals surface area (Å²) in [5.74, 6) is 1.60. The van der Waals surface area contributed by atoms with Crippen LogP contribution >= 0.6 is 0 Å². The van der Waals surface area contributed by atoms with Gasteiger partial charge >= 0.3 is 6.09 Å². The van der Waals surface area contributed by atoms with Crippen molar-refractivity contribution in [2.75, 3.05) is 13.1 Å². The highest BCUT2D eigenvalue weighted by Gasteiger charge is 2.62. The second-order valence-electron chi connectivity index (χ2n) is 12.1. The van der Waals surface area contributed by atoms with Crippen LogP contribution in [0.3, 0.4) is 0 Å². The zero-order valence-electron chi connectivity index (χ0n) is 20.9. The van der Waals surface area contributed by atoms with E-state index in [0.717, 1.165) is 29.9 Å². The number of amides is 2. The van der Waals surface area contributed by atoms with Crippen LogP contribution in [-0.2, 0) is 21.6 Å². The van der Waals surface area contributed by atoms with Gasteiger partial charge in [0.2, 0.25) is 5.91 Å². The molecule has 0 radical (unpaired) electrons. The lowest BCUT2D eigenvalue weighted by molar-refractivity contribution is -0.148. The molecule has 5 aliphatic rings. The summed E-state index contributed by atoms with van der Waals surface area (Å²) in [6.45, 7) is 3.67. The Kier molecular flexibility index (Phi) is 5.81. The molecule has 2 amide bonds. The number of likely N-dealkylation sites (tertiary alicyclic amines) is 1. The molecule has 2 aromatic rings. The summed E-state index contributed by atoms with van der Waals surface area (Å²) < 4.78 is 19.2. The van der Waals surface area contributed by atoms with Gasteiger partial charge in [-0.15, -0.1) is 0 Å². The number of rotatable bonds is 6. The standard InChI is InChI=1S/C30H35FN2O3/c1-29-13-21-11-23(14-29)30(24(12-21)15-29,22-7-9-25(31)10-8-22)16-27(34)33-17-26(18-33)32-28(35)36-19-20-5-3-2-4-6-20/h2-10,21,23-24,26H,11-19H2,1H3,(H,32,35). The van der Waals surface area contributed by atoms with E-state index in [4.69, 9.17) is 4.74 Å². The van der Waals surface area contributed by atoms with Gasteiger partial charge in [-0.2, -0.15) is 0 Å². The minimum absolute atomic E-state index is 0.0867. The molecule has 2 aromatic carbocycles. The van der Waals surface area contributed by atoms with E-state index >= 15 is 0 Å². The number of alkyl carbamates (subject to hydrolysis) is 1. The van der Waals surface area contributed by atoms with Crippen LogP contribution in [-0.4, -0.2) is 36.0 Å². The average molecular weight is 491 g/mol. The van der Waals surface area contributed by atoms with Crippen molar-refractivity contribution in [2.24, 2.45) is 23.2 Å². The van der Waals surface area contributed by atoms with E-state index in [1.807, 2.05) is 47.4 Å². The molecule has 2 atom stereocenters. The average Bonchev–Trinajstić information content (AvgIpc) is 2.82. The van der Waals surface area contributed by atoms with E-state index in [0.29, 0.717) is 36.8 Å². The monoisotopic (exact) mass is 490 g/mol. The van der Waals surface area contributed by atoms with Crippen molar-refractivity contribution in [2.45, 2.75) is 63.5 Å². The topological polar surface area (TPSA) is 58.6 Å². The first-order valence-corrected chi connectivity index (χ1v) is 13.3. The molecule has 4 aliphatic carbocycles. The molecule has 190 valence electrons. The number of hydrogen-bond donors (Lipinski definition) is 1. The van der Waals surface area contributed by atoms with Crippen LogP contribution in [0.5, 0.6) is 0 Å². The molecule has 1 aliphatic heterocycles. The lowest BCUT2D eigenvalue weighted by Gasteiger charge is -2.65. The SMILES string of the molecule is CC12CC3CC(C1)C(CC(=O)N1CC(NC(=O)OCc4ccccc4)C1)(c1ccc(F)cc1)C(C3)C2. The summed E-state index contributed by atoms with van der Waals surface area (Å²) in [6.07, 6.45) is 6.00. The number of ether oxygens (including phenoxy) is 1. The van der Waals surface area contributed by atoms with E-state index in [1.165, 1.54) is 19.3 Å². The number of halogens is 1. The van der Waals surface area contributed by atoms with Crippen LogP contribution < -0.4 is 5.32 Å². The van der Waals surface area contributed by atoms with Gasteiger partial charge in [-0.25, -0.2) is 9.18 Å². The fourth-order valence-corrected chi connectivity index (χ4v) is 8.18. The van der Waals surface area contributed by atoms with Crippen LogP contribution in [0.2, 0.25) is 0 Å². The first-order chi connectivity index (χ1) is 17.3. The maximum absolute atomic E-state index is 13.8. The number of nitrogens with one attached hydrogen (secondary N) is 1. The Labute approximate surface area is 212 Å². The van der Waals surface area contributed by atoms with Crippen LogP contribution in [0.15, 0.2) is 54.6 Å². The van der Waals surface area contributed by atoms with Crippen LogP contribution in [0, 0.1) is 29.0 Å². The number of nitrogens with zero attached hydrogens (tertiary/aromatic N) is 1. The Morgan fingerprint density at radius 3 is 2.31 bits per heavy atom. The van der Waals surface area contributed by atoms with E-state index in [2.05, 4.69) is 12.2 Å². The lowest BCUT2D eigenvalue weighted by Crippen LogP contribution is -2.64. The van der Waals surface area contributed by atoms with E-state index < -0.39 is 6.09 Å². The van der Waals surface area contributed by atoms with Gasteiger partial charge in [0.15, 0.2) is 0 Å². The Bertz CT molecular complexity index is 1110. The molecule has 0 aromatic heterocycles. The molecule has 36 heavy (non-hydrogen) atoms. The fraction of sp³-hybridized carbons (Fsp3) is 0.533. The minimum Gasteiger partial charge on any atom is -0.445 e. The van der Waals surface area contributed by atoms with Crippen molar-refractivity contribution in [3.8, 4) is 0 Å². The van der Waals surface area contributed by atoms with Crippen molar-refractivity contribution in [1.82, 2.24) is 10.2 Å². The van der Waals surface area contributed by atoms with Gasteiger partial charge < -0.3 is 15.0 Å². The van der Waals surface area contributed by atoms with Gasteiger partial charge in [-0.3, -0.25) is 4.79 Å². The van der Waals surface area contributed by atoms with E-state index in [-0.39, 0.29) is 29.8 Å². The molecule has 4 bridgehead atoms. The Balaban J connectivity index is 1.11. The maximum atomic E-state index is 13.8. The molecule has 4 saturated carbocycles. The van der Waals surface area contributed by atoms with Crippen LogP contribution in [0.1, 0.15) is 56.6 Å². The summed E-state index contributed by atoms with van der Waals surface area (Å²) in [5.41, 5.74) is 2.24. The molecule has 5 fully saturated rings. The maximum Gasteiger partial charge on any atom is 0.407 e. The number of carbonyl (C=O) groups is 2. The van der Waals surface area contributed by atoms with Crippen molar-refractivity contribution < 1.29 is 18.7 Å². The molecule has 0 spiro atoms. The van der Waals surface area contributed by atoms with E-state index in [1.54, 1.807) is 12.1 Å². The molecule has 7 rings (SSSR count). The summed E-state index contributed by atoms with van der Waals surface area (Å²) in [6, 6.07) is 16.5. The highest BCUT2D eigenvalue weighted by Crippen LogP contribution is 2.68. The van der Waals surface area contributed by atoms with Gasteiger partial charge in [-0.1, -0.05) is 49.4 Å². The number of hydrogen-bond acceptors (Lipinski definition) is 3. The van der Waals surface area contributed by atoms with Gasteiger partial charge in [0.1, 0.15) is 12.4 Å². The molecular weight excluding hydrogens is 455 g/mol. The van der Waals surface area contributed by atoms with Gasteiger partial charge in [0.05, 0.1) is 6.04 Å². The van der Waals surface area contributed by atoms with Crippen molar-refractivity contribution in [3.63, 3.8) is 0 Å². The Hall–Kier alpha value is -2.89. The normalized spacial score (nSPS) is 32.7. The second kappa shape index (κ2) is 8.89. The third-order valence-corrected chi connectivity index (χ3v) is 9.55. The summed E-state index contributed by atoms with van der Waals surface area (Å²) >= 11 is 0. The Morgan fingerprint density at radius 2 is 1.67 bits per heavy atom. The van der Waals surface area contributed by atoms with Crippen LogP contribution in [0.4, 0.5) is 9.18 Å². The highest BCUT2D eigenvalue weighted by atomic mass is 19.1. The largest absolute Gasteiger partial charge is 0.445 e. The first kappa shape index (κ1) is 23.5. The zero-order valence-corrected chi connectivity index (χ0v) is 20.9. The van der Waals surface area contributed by atoms with Crippen molar-refractivity contribution in [3.05, 3.63) is 71.5 Å². The molecule has 1 saturated heterocycles.